The molecule has 2 heterocycles. The third-order valence-corrected chi connectivity index (χ3v) is 7.32. The predicted molar refractivity (Wildman–Crippen MR) is 148 cm³/mol. The van der Waals surface area contributed by atoms with Crippen LogP contribution in [0, 0.1) is 11.5 Å². The fourth-order valence-electron chi connectivity index (χ4n) is 5.30. The Hall–Kier alpha value is -3.99. The van der Waals surface area contributed by atoms with Gasteiger partial charge in [-0.2, -0.15) is 9.83 Å². The summed E-state index contributed by atoms with van der Waals surface area (Å²) >= 11 is 0. The second-order valence-electron chi connectivity index (χ2n) is 9.78. The van der Waals surface area contributed by atoms with Gasteiger partial charge in [-0.1, -0.05) is 72.8 Å². The van der Waals surface area contributed by atoms with Gasteiger partial charge in [-0.15, -0.1) is 0 Å². The van der Waals surface area contributed by atoms with Crippen molar-refractivity contribution in [2.75, 3.05) is 19.6 Å². The molecule has 5 rings (SSSR count). The molecule has 3 aromatic carbocycles. The van der Waals surface area contributed by atoms with E-state index in [0.29, 0.717) is 22.0 Å². The van der Waals surface area contributed by atoms with Gasteiger partial charge in [0.05, 0.1) is 17.0 Å². The summed E-state index contributed by atoms with van der Waals surface area (Å²) in [6.07, 6.45) is 5.53. The van der Waals surface area contributed by atoms with Gasteiger partial charge in [-0.05, 0) is 55.5 Å². The molecule has 1 aliphatic rings. The first-order valence-corrected chi connectivity index (χ1v) is 13.3. The molecule has 1 aromatic heterocycles. The number of para-hydroxylation sites is 1. The Bertz CT molecular complexity index is 1480. The summed E-state index contributed by atoms with van der Waals surface area (Å²) in [4.78, 5) is 27.6. The van der Waals surface area contributed by atoms with Gasteiger partial charge in [-0.25, -0.2) is 4.79 Å². The lowest BCUT2D eigenvalue weighted by molar-refractivity contribution is -0.0271. The number of benzene rings is 3. The first-order chi connectivity index (χ1) is 18.7. The lowest BCUT2D eigenvalue weighted by Gasteiger charge is -2.34. The van der Waals surface area contributed by atoms with Crippen molar-refractivity contribution >= 4 is 10.9 Å². The molecular formula is C31H32N4O3. The van der Waals surface area contributed by atoms with Gasteiger partial charge >= 0.3 is 5.69 Å². The Kier molecular flexibility index (Phi) is 8.12. The van der Waals surface area contributed by atoms with Gasteiger partial charge in [0.2, 0.25) is 0 Å². The topological polar surface area (TPSA) is 80.3 Å². The minimum Gasteiger partial charge on any atom is -0.365 e. The van der Waals surface area contributed by atoms with Crippen LogP contribution >= 0.6 is 0 Å². The zero-order valence-electron chi connectivity index (χ0n) is 21.4. The van der Waals surface area contributed by atoms with Crippen LogP contribution in [0.3, 0.4) is 0 Å². The van der Waals surface area contributed by atoms with Gasteiger partial charge in [0.1, 0.15) is 6.10 Å². The highest BCUT2D eigenvalue weighted by Crippen LogP contribution is 2.30. The molecule has 0 spiro atoms. The number of aromatic nitrogens is 2. The van der Waals surface area contributed by atoms with E-state index in [4.69, 9.17) is 4.74 Å². The molecule has 1 aliphatic heterocycles. The molecular weight excluding hydrogens is 476 g/mol. The maximum Gasteiger partial charge on any atom is 0.345 e. The van der Waals surface area contributed by atoms with Crippen LogP contribution in [0.1, 0.15) is 42.9 Å². The molecule has 1 fully saturated rings. The lowest BCUT2D eigenvalue weighted by Crippen LogP contribution is -2.39. The van der Waals surface area contributed by atoms with Gasteiger partial charge in [0.25, 0.3) is 5.56 Å². The number of nitrogens with zero attached hydrogens (tertiary/aromatic N) is 4. The Labute approximate surface area is 222 Å². The monoisotopic (exact) mass is 508 g/mol. The maximum atomic E-state index is 12.7. The smallest absolute Gasteiger partial charge is 0.345 e. The van der Waals surface area contributed by atoms with Gasteiger partial charge in [-0.3, -0.25) is 9.36 Å². The number of likely N-dealkylation sites (tertiary alicyclic amines) is 1. The van der Waals surface area contributed by atoms with Crippen molar-refractivity contribution in [3.63, 3.8) is 0 Å². The molecule has 0 radical (unpaired) electrons. The summed E-state index contributed by atoms with van der Waals surface area (Å²) < 4.78 is 8.86. The highest BCUT2D eigenvalue weighted by molar-refractivity contribution is 5.77. The number of piperidine rings is 1. The fraction of sp³-hybridized carbons (Fsp3) is 0.323. The summed E-state index contributed by atoms with van der Waals surface area (Å²) in [7, 11) is 0. The minimum atomic E-state index is -0.569. The maximum absolute atomic E-state index is 12.7. The molecule has 0 saturated carbocycles. The molecule has 1 saturated heterocycles. The van der Waals surface area contributed by atoms with Gasteiger partial charge < -0.3 is 9.64 Å². The van der Waals surface area contributed by atoms with Crippen LogP contribution in [0.4, 0.5) is 0 Å². The van der Waals surface area contributed by atoms with Crippen LogP contribution in [-0.4, -0.2) is 39.8 Å². The van der Waals surface area contributed by atoms with Crippen LogP contribution < -0.4 is 11.2 Å². The molecule has 38 heavy (non-hydrogen) atoms. The van der Waals surface area contributed by atoms with Crippen LogP contribution in [0.5, 0.6) is 0 Å². The van der Waals surface area contributed by atoms with Crippen molar-refractivity contribution in [2.24, 2.45) is 0 Å². The van der Waals surface area contributed by atoms with Crippen LogP contribution in [-0.2, 0) is 11.3 Å². The van der Waals surface area contributed by atoms with E-state index in [-0.39, 0.29) is 12.2 Å². The number of ether oxygens (including phenoxy) is 1. The Balaban J connectivity index is 1.15. The van der Waals surface area contributed by atoms with Crippen molar-refractivity contribution in [3.05, 3.63) is 117 Å². The van der Waals surface area contributed by atoms with E-state index in [1.807, 2.05) is 12.1 Å². The second-order valence-corrected chi connectivity index (χ2v) is 9.78. The van der Waals surface area contributed by atoms with Crippen LogP contribution in [0.2, 0.25) is 0 Å². The average molecular weight is 509 g/mol. The van der Waals surface area contributed by atoms with Crippen molar-refractivity contribution in [3.8, 4) is 6.19 Å². The summed E-state index contributed by atoms with van der Waals surface area (Å²) in [5.41, 5.74) is 1.80. The number of rotatable bonds is 9. The fourth-order valence-corrected chi connectivity index (χ4v) is 5.30. The van der Waals surface area contributed by atoms with Crippen molar-refractivity contribution in [1.82, 2.24) is 14.0 Å². The first kappa shape index (κ1) is 25.7. The summed E-state index contributed by atoms with van der Waals surface area (Å²) in [5, 5.41) is 9.70. The van der Waals surface area contributed by atoms with Crippen molar-refractivity contribution < 1.29 is 4.74 Å². The molecule has 7 heteroatoms. The number of aryl methyl sites for hydroxylation is 1. The molecule has 0 N–H and O–H groups in total. The van der Waals surface area contributed by atoms with Crippen molar-refractivity contribution in [1.29, 1.82) is 5.26 Å². The predicted octanol–water partition coefficient (Wildman–Crippen LogP) is 4.54. The van der Waals surface area contributed by atoms with E-state index in [2.05, 4.69) is 53.4 Å². The zero-order chi connectivity index (χ0) is 26.3. The second kappa shape index (κ2) is 12.0. The first-order valence-electron chi connectivity index (χ1n) is 13.3. The number of nitriles is 1. The average Bonchev–Trinajstić information content (AvgIpc) is 2.97. The standard InChI is InChI=1S/C31H32N4O3/c32-23-35-30(36)27-15-7-8-16-28(27)34(31(35)37)20-10-9-19-33-21-17-26(18-22-33)38-29(24-11-3-1-4-12-24)25-13-5-2-6-14-25/h1-8,11-16,26,29H,9-10,17-22H2. The van der Waals surface area contributed by atoms with E-state index in [9.17, 15) is 14.9 Å². The molecule has 4 aromatic rings. The van der Waals surface area contributed by atoms with Gasteiger partial charge in [0, 0.05) is 19.6 Å². The molecule has 0 aliphatic carbocycles. The third kappa shape index (κ3) is 5.62. The Morgan fingerprint density at radius 1 is 0.816 bits per heavy atom. The molecule has 0 bridgehead atoms. The number of hydrogen-bond acceptors (Lipinski definition) is 5. The highest BCUT2D eigenvalue weighted by atomic mass is 16.5. The molecule has 7 nitrogen and oxygen atoms in total. The highest BCUT2D eigenvalue weighted by Gasteiger charge is 2.24. The van der Waals surface area contributed by atoms with E-state index in [1.54, 1.807) is 35.0 Å². The van der Waals surface area contributed by atoms with Crippen LogP contribution in [0.25, 0.3) is 10.9 Å². The molecule has 0 unspecified atom stereocenters. The number of fused-ring (bicyclic) bond motifs is 1. The number of hydrogen-bond donors (Lipinski definition) is 0. The summed E-state index contributed by atoms with van der Waals surface area (Å²) in [6.45, 7) is 3.36. The van der Waals surface area contributed by atoms with E-state index >= 15 is 0 Å². The van der Waals surface area contributed by atoms with E-state index < -0.39 is 11.2 Å². The van der Waals surface area contributed by atoms with E-state index in [1.165, 1.54) is 11.1 Å². The summed E-state index contributed by atoms with van der Waals surface area (Å²) in [6, 6.07) is 27.8. The molecule has 0 amide bonds. The lowest BCUT2D eigenvalue weighted by atomic mass is 10.00. The molecule has 0 atom stereocenters. The molecule has 194 valence electrons. The van der Waals surface area contributed by atoms with Crippen molar-refractivity contribution in [2.45, 2.75) is 44.4 Å². The quantitative estimate of drug-likeness (QED) is 0.310. The largest absolute Gasteiger partial charge is 0.365 e. The van der Waals surface area contributed by atoms with E-state index in [0.717, 1.165) is 45.3 Å². The SMILES string of the molecule is N#Cn1c(=O)c2ccccc2n(CCCCN2CCC(OC(c3ccccc3)c3ccccc3)CC2)c1=O. The van der Waals surface area contributed by atoms with Gasteiger partial charge in [0.15, 0.2) is 6.19 Å². The normalized spacial score (nSPS) is 14.6. The Morgan fingerprint density at radius 2 is 1.39 bits per heavy atom. The minimum absolute atomic E-state index is 0.0706. The Morgan fingerprint density at radius 3 is 2.03 bits per heavy atom. The zero-order valence-corrected chi connectivity index (χ0v) is 21.4. The summed E-state index contributed by atoms with van der Waals surface area (Å²) in [5.74, 6) is 0. The van der Waals surface area contributed by atoms with Crippen LogP contribution in [0.15, 0.2) is 94.5 Å². The third-order valence-electron chi connectivity index (χ3n) is 7.32. The number of unbranched alkanes of at least 4 members (excludes halogenated alkanes) is 1.